The number of allylic oxidation sites excluding steroid dienone is 6. The summed E-state index contributed by atoms with van der Waals surface area (Å²) >= 11 is 0. The zero-order valence-electron chi connectivity index (χ0n) is 31.7. The minimum absolute atomic E-state index is 0.0919. The average Bonchev–Trinajstić information content (AvgIpc) is 3.13. The molecule has 0 bridgehead atoms. The van der Waals surface area contributed by atoms with E-state index in [0.717, 1.165) is 19.3 Å². The van der Waals surface area contributed by atoms with Crippen molar-refractivity contribution in [2.24, 2.45) is 0 Å². The van der Waals surface area contributed by atoms with Gasteiger partial charge in [-0.15, -0.1) is 0 Å². The Hall–Kier alpha value is -1.89. The first-order valence-corrected chi connectivity index (χ1v) is 20.0. The summed E-state index contributed by atoms with van der Waals surface area (Å²) in [5, 5.41) is 64.2. The fourth-order valence-corrected chi connectivity index (χ4v) is 5.87. The molecule has 1 heterocycles. The largest absolute Gasteiger partial charge is 0.394 e. The summed E-state index contributed by atoms with van der Waals surface area (Å²) in [7, 11) is 0. The predicted molar refractivity (Wildman–Crippen MR) is 204 cm³/mol. The lowest BCUT2D eigenvalue weighted by atomic mass is 9.99. The Morgan fingerprint density at radius 2 is 1.22 bits per heavy atom. The SMILES string of the molecule is CCCCCCCC/C=C\C/C=C\CC(O)C(=O)NC(COC1OC(CO)C(O)C(O)C1O)C(O)/C=C/CC/C=C/CCCCCCCCCC. The van der Waals surface area contributed by atoms with Gasteiger partial charge in [0.05, 0.1) is 25.4 Å². The Bertz CT molecular complexity index is 953. The predicted octanol–water partition coefficient (Wildman–Crippen LogP) is 6.08. The van der Waals surface area contributed by atoms with E-state index in [1.807, 2.05) is 12.2 Å². The maximum absolute atomic E-state index is 12.9. The van der Waals surface area contributed by atoms with Crippen molar-refractivity contribution in [2.45, 2.75) is 191 Å². The molecule has 0 spiro atoms. The van der Waals surface area contributed by atoms with Crippen LogP contribution in [-0.4, -0.2) is 98.7 Å². The number of hydrogen-bond acceptors (Lipinski definition) is 9. The van der Waals surface area contributed by atoms with Crippen LogP contribution in [0.2, 0.25) is 0 Å². The van der Waals surface area contributed by atoms with Crippen LogP contribution in [0.15, 0.2) is 48.6 Å². The van der Waals surface area contributed by atoms with Crippen molar-refractivity contribution < 1.29 is 44.9 Å². The maximum Gasteiger partial charge on any atom is 0.249 e. The highest BCUT2D eigenvalue weighted by Crippen LogP contribution is 2.22. The second kappa shape index (κ2) is 31.6. The highest BCUT2D eigenvalue weighted by molar-refractivity contribution is 5.81. The zero-order valence-corrected chi connectivity index (χ0v) is 31.7. The van der Waals surface area contributed by atoms with Gasteiger partial charge < -0.3 is 45.4 Å². The monoisotopic (exact) mass is 724 g/mol. The molecule has 0 saturated carbocycles. The standard InChI is InChI=1S/C41H73NO9/c1-3-5-7-9-11-13-15-17-18-20-21-23-25-27-29-34(44)33(32-50-41-39(48)38(47)37(46)36(31-43)51-41)42-40(49)35(45)30-28-26-24-22-19-16-14-12-10-8-6-4-2/h19-22,26-29,33-39,41,43-48H,3-18,23-25,30-32H2,1-2H3,(H,42,49)/b21-20+,22-19-,28-26-,29-27+. The lowest BCUT2D eigenvalue weighted by Gasteiger charge is -2.40. The molecule has 8 atom stereocenters. The molecule has 10 nitrogen and oxygen atoms in total. The highest BCUT2D eigenvalue weighted by Gasteiger charge is 2.44. The van der Waals surface area contributed by atoms with Gasteiger partial charge in [0.25, 0.3) is 0 Å². The molecule has 51 heavy (non-hydrogen) atoms. The number of nitrogens with one attached hydrogen (secondary N) is 1. The number of carbonyl (C=O) groups excluding carboxylic acids is 1. The van der Waals surface area contributed by atoms with Crippen molar-refractivity contribution in [3.63, 3.8) is 0 Å². The smallest absolute Gasteiger partial charge is 0.249 e. The minimum atomic E-state index is -1.63. The van der Waals surface area contributed by atoms with Crippen molar-refractivity contribution in [1.29, 1.82) is 0 Å². The van der Waals surface area contributed by atoms with Crippen LogP contribution in [0.3, 0.4) is 0 Å². The van der Waals surface area contributed by atoms with Crippen LogP contribution in [0, 0.1) is 0 Å². The summed E-state index contributed by atoms with van der Waals surface area (Å²) in [6.45, 7) is 3.49. The molecule has 0 radical (unpaired) electrons. The van der Waals surface area contributed by atoms with Crippen LogP contribution in [0.25, 0.3) is 0 Å². The Morgan fingerprint density at radius 3 is 1.82 bits per heavy atom. The van der Waals surface area contributed by atoms with Gasteiger partial charge in [-0.3, -0.25) is 4.79 Å². The van der Waals surface area contributed by atoms with Crippen LogP contribution in [0.4, 0.5) is 0 Å². The van der Waals surface area contributed by atoms with E-state index < -0.39 is 61.5 Å². The Kier molecular flexibility index (Phi) is 29.2. The van der Waals surface area contributed by atoms with Crippen LogP contribution in [0.1, 0.15) is 142 Å². The van der Waals surface area contributed by atoms with E-state index in [2.05, 4.69) is 43.5 Å². The summed E-state index contributed by atoms with van der Waals surface area (Å²) in [5.41, 5.74) is 0. The molecule has 1 aliphatic rings. The van der Waals surface area contributed by atoms with Crippen molar-refractivity contribution >= 4 is 5.91 Å². The molecule has 296 valence electrons. The van der Waals surface area contributed by atoms with Gasteiger partial charge in [-0.1, -0.05) is 140 Å². The molecule has 1 saturated heterocycles. The van der Waals surface area contributed by atoms with E-state index in [9.17, 15) is 35.4 Å². The van der Waals surface area contributed by atoms with Gasteiger partial charge in [-0.2, -0.15) is 0 Å². The maximum atomic E-state index is 12.9. The van der Waals surface area contributed by atoms with Crippen molar-refractivity contribution in [2.75, 3.05) is 13.2 Å². The van der Waals surface area contributed by atoms with Gasteiger partial charge in [0.15, 0.2) is 6.29 Å². The molecule has 0 aromatic carbocycles. The number of rotatable bonds is 31. The first-order valence-electron chi connectivity index (χ1n) is 20.0. The van der Waals surface area contributed by atoms with Crippen LogP contribution in [0.5, 0.6) is 0 Å². The Labute approximate surface area is 308 Å². The van der Waals surface area contributed by atoms with Gasteiger partial charge in [0, 0.05) is 6.42 Å². The number of unbranched alkanes of at least 4 members (excludes halogenated alkanes) is 15. The second-order valence-corrected chi connectivity index (χ2v) is 13.9. The fourth-order valence-electron chi connectivity index (χ4n) is 5.87. The first kappa shape index (κ1) is 47.1. The lowest BCUT2D eigenvalue weighted by molar-refractivity contribution is -0.302. The molecule has 1 amide bonds. The average molecular weight is 724 g/mol. The summed E-state index contributed by atoms with van der Waals surface area (Å²) in [4.78, 5) is 12.9. The summed E-state index contributed by atoms with van der Waals surface area (Å²) in [5.74, 6) is -0.697. The van der Waals surface area contributed by atoms with Crippen molar-refractivity contribution in [3.05, 3.63) is 48.6 Å². The van der Waals surface area contributed by atoms with E-state index in [1.54, 1.807) is 12.2 Å². The van der Waals surface area contributed by atoms with E-state index >= 15 is 0 Å². The highest BCUT2D eigenvalue weighted by atomic mass is 16.7. The molecule has 1 fully saturated rings. The second-order valence-electron chi connectivity index (χ2n) is 13.9. The van der Waals surface area contributed by atoms with E-state index in [0.29, 0.717) is 12.8 Å². The minimum Gasteiger partial charge on any atom is -0.394 e. The lowest BCUT2D eigenvalue weighted by Crippen LogP contribution is -2.60. The van der Waals surface area contributed by atoms with Crippen LogP contribution < -0.4 is 5.32 Å². The van der Waals surface area contributed by atoms with E-state index in [1.165, 1.54) is 89.9 Å². The van der Waals surface area contributed by atoms with Crippen molar-refractivity contribution in [3.8, 4) is 0 Å². The fraction of sp³-hybridized carbons (Fsp3) is 0.780. The molecule has 0 aromatic heterocycles. The van der Waals surface area contributed by atoms with Crippen LogP contribution >= 0.6 is 0 Å². The molecule has 10 heteroatoms. The third-order valence-corrected chi connectivity index (χ3v) is 9.24. The molecule has 0 aliphatic carbocycles. The third-order valence-electron chi connectivity index (χ3n) is 9.24. The topological polar surface area (TPSA) is 169 Å². The number of carbonyl (C=O) groups is 1. The molecule has 8 unspecified atom stereocenters. The summed E-state index contributed by atoms with van der Waals surface area (Å²) in [6, 6.07) is -1.03. The van der Waals surface area contributed by atoms with Gasteiger partial charge in [-0.05, 0) is 44.9 Å². The number of aliphatic hydroxyl groups excluding tert-OH is 6. The first-order chi connectivity index (χ1) is 24.8. The van der Waals surface area contributed by atoms with Gasteiger partial charge in [0.2, 0.25) is 5.91 Å². The number of amides is 1. The number of aliphatic hydroxyl groups is 6. The molecular weight excluding hydrogens is 650 g/mol. The quantitative estimate of drug-likeness (QED) is 0.0331. The Balaban J connectivity index is 2.60. The number of ether oxygens (including phenoxy) is 2. The van der Waals surface area contributed by atoms with Crippen LogP contribution in [-0.2, 0) is 14.3 Å². The molecule has 1 aliphatic heterocycles. The summed E-state index contributed by atoms with van der Waals surface area (Å²) < 4.78 is 11.0. The van der Waals surface area contributed by atoms with E-state index in [-0.39, 0.29) is 13.0 Å². The van der Waals surface area contributed by atoms with Crippen molar-refractivity contribution in [1.82, 2.24) is 5.32 Å². The normalized spacial score (nSPS) is 23.2. The third kappa shape index (κ3) is 22.7. The van der Waals surface area contributed by atoms with Gasteiger partial charge >= 0.3 is 0 Å². The van der Waals surface area contributed by atoms with Gasteiger partial charge in [0.1, 0.15) is 30.5 Å². The molecule has 1 rings (SSSR count). The van der Waals surface area contributed by atoms with Gasteiger partial charge in [-0.25, -0.2) is 0 Å². The van der Waals surface area contributed by atoms with E-state index in [4.69, 9.17) is 9.47 Å². The summed E-state index contributed by atoms with van der Waals surface area (Å²) in [6.07, 6.45) is 27.9. The molecule has 7 N–H and O–H groups in total. The Morgan fingerprint density at radius 1 is 0.686 bits per heavy atom. The molecule has 0 aromatic rings. The molecular formula is C41H73NO9. The zero-order chi connectivity index (χ0) is 37.5. The number of hydrogen-bond donors (Lipinski definition) is 7.